The lowest BCUT2D eigenvalue weighted by molar-refractivity contribution is -0.181. The average Bonchev–Trinajstić information content (AvgIpc) is 3.30. The number of halogens is 9. The molecule has 15 heteroatoms. The number of urea groups is 1. The highest BCUT2D eigenvalue weighted by Crippen LogP contribution is 2.41. The maximum atomic E-state index is 14.3. The van der Waals surface area contributed by atoms with Crippen LogP contribution in [-0.2, 0) is 0 Å². The molecule has 0 fully saturated rings. The summed E-state index contributed by atoms with van der Waals surface area (Å²) in [7, 11) is 1.29. The van der Waals surface area contributed by atoms with E-state index >= 15 is 0 Å². The Morgan fingerprint density at radius 1 is 1.05 bits per heavy atom. The van der Waals surface area contributed by atoms with E-state index in [2.05, 4.69) is 4.98 Å². The highest BCUT2D eigenvalue weighted by Gasteiger charge is 2.49. The van der Waals surface area contributed by atoms with E-state index in [4.69, 9.17) is 4.74 Å². The van der Waals surface area contributed by atoms with Gasteiger partial charge in [-0.05, 0) is 43.2 Å². The third-order valence-electron chi connectivity index (χ3n) is 5.87. The summed E-state index contributed by atoms with van der Waals surface area (Å²) in [5, 5.41) is 1.32. The Labute approximate surface area is 216 Å². The van der Waals surface area contributed by atoms with E-state index in [9.17, 15) is 44.3 Å². The molecule has 2 aromatic heterocycles. The zero-order valence-corrected chi connectivity index (χ0v) is 20.5. The van der Waals surface area contributed by atoms with Crippen LogP contribution in [0.25, 0.3) is 16.8 Å². The largest absolute Gasteiger partial charge is 0.496 e. The third kappa shape index (κ3) is 7.26. The fourth-order valence-corrected chi connectivity index (χ4v) is 4.05. The van der Waals surface area contributed by atoms with E-state index < -0.39 is 61.6 Å². The van der Waals surface area contributed by atoms with Crippen LogP contribution in [0, 0.1) is 0 Å². The van der Waals surface area contributed by atoms with Crippen LogP contribution in [0.15, 0.2) is 48.9 Å². The van der Waals surface area contributed by atoms with Gasteiger partial charge in [-0.25, -0.2) is 9.78 Å². The van der Waals surface area contributed by atoms with Crippen molar-refractivity contribution in [2.45, 2.75) is 50.4 Å². The third-order valence-corrected chi connectivity index (χ3v) is 5.87. The van der Waals surface area contributed by atoms with Crippen molar-refractivity contribution in [3.05, 3.63) is 54.5 Å². The zero-order valence-electron chi connectivity index (χ0n) is 20.5. The second kappa shape index (κ2) is 11.2. The van der Waals surface area contributed by atoms with E-state index in [0.717, 1.165) is 19.1 Å². The topological polar surface area (TPSA) is 58.9 Å². The molecule has 0 saturated carbocycles. The number of ether oxygens (including phenoxy) is 1. The first-order valence-electron chi connectivity index (χ1n) is 11.4. The number of imidazole rings is 1. The summed E-state index contributed by atoms with van der Waals surface area (Å²) in [4.78, 5) is 16.9. The summed E-state index contributed by atoms with van der Waals surface area (Å²) in [6.07, 6.45) is -14.2. The first-order chi connectivity index (χ1) is 18.0. The summed E-state index contributed by atoms with van der Waals surface area (Å²) in [6, 6.07) is -1.05. The van der Waals surface area contributed by atoms with Gasteiger partial charge < -0.3 is 19.4 Å². The Hall–Kier alpha value is -3.65. The van der Waals surface area contributed by atoms with Crippen molar-refractivity contribution in [1.82, 2.24) is 19.6 Å². The fourth-order valence-electron chi connectivity index (χ4n) is 4.05. The number of aromatic nitrogens is 2. The van der Waals surface area contributed by atoms with Gasteiger partial charge >= 0.3 is 24.6 Å². The number of hydrogen-bond acceptors (Lipinski definition) is 3. The smallest absolute Gasteiger partial charge is 0.413 e. The molecule has 0 saturated heterocycles. The lowest BCUT2D eigenvalue weighted by Crippen LogP contribution is -2.53. The number of carbonyl (C=O) groups is 1. The molecule has 2 atom stereocenters. The lowest BCUT2D eigenvalue weighted by atomic mass is 9.98. The predicted octanol–water partition coefficient (Wildman–Crippen LogP) is 6.92. The van der Waals surface area contributed by atoms with Crippen molar-refractivity contribution in [1.29, 1.82) is 0 Å². The summed E-state index contributed by atoms with van der Waals surface area (Å²) < 4.78 is 127. The van der Waals surface area contributed by atoms with Crippen LogP contribution in [0.4, 0.5) is 44.3 Å². The van der Waals surface area contributed by atoms with E-state index in [1.54, 1.807) is 28.9 Å². The van der Waals surface area contributed by atoms with Gasteiger partial charge in [0.25, 0.3) is 0 Å². The highest BCUT2D eigenvalue weighted by atomic mass is 19.4. The van der Waals surface area contributed by atoms with Gasteiger partial charge in [-0.1, -0.05) is 6.07 Å². The first kappa shape index (κ1) is 29.9. The second-order valence-electron chi connectivity index (χ2n) is 8.50. The number of carbonyl (C=O) groups excluding carboxylic acids is 1. The minimum atomic E-state index is -5.33. The number of fused-ring (bicyclic) bond motifs is 1. The Bertz CT molecular complexity index is 1290. The molecule has 0 aliphatic heterocycles. The van der Waals surface area contributed by atoms with Gasteiger partial charge in [0.05, 0.1) is 7.11 Å². The quantitative estimate of drug-likeness (QED) is 0.299. The number of benzene rings is 1. The number of nitrogens with one attached hydrogen (secondary N) is 1. The van der Waals surface area contributed by atoms with Crippen LogP contribution in [0.2, 0.25) is 0 Å². The second-order valence-corrected chi connectivity index (χ2v) is 8.50. The number of amides is 2. The van der Waals surface area contributed by atoms with Gasteiger partial charge in [-0.2, -0.15) is 39.5 Å². The molecule has 2 unspecified atom stereocenters. The Morgan fingerprint density at radius 3 is 2.31 bits per heavy atom. The normalized spacial score (nSPS) is 14.2. The number of methoxy groups -OCH3 is 1. The fraction of sp³-hybridized carbons (Fsp3) is 0.417. The molecule has 0 aliphatic carbocycles. The summed E-state index contributed by atoms with van der Waals surface area (Å²) in [6.45, 7) is 0.399. The standard InChI is InChI=1S/C24H23F9N4O2/c1-3-37(21(38)35-18(23(28,29)30)8-9-22(25,26)27)20(24(31,32)33)14-4-6-17(39-2)16(12-14)15-5-7-19-34-10-11-36(19)13-15/h4-7,10-13,18,20H,3,8-9H2,1-2H3,(H,35,38). The molecule has 0 spiro atoms. The molecule has 2 heterocycles. The van der Waals surface area contributed by atoms with Crippen LogP contribution >= 0.6 is 0 Å². The van der Waals surface area contributed by atoms with Gasteiger partial charge in [-0.3, -0.25) is 0 Å². The van der Waals surface area contributed by atoms with Gasteiger partial charge in [0.15, 0.2) is 6.04 Å². The Morgan fingerprint density at radius 2 is 1.74 bits per heavy atom. The maximum absolute atomic E-state index is 14.3. The van der Waals surface area contributed by atoms with Gasteiger partial charge in [0.2, 0.25) is 0 Å². The van der Waals surface area contributed by atoms with Crippen molar-refractivity contribution < 1.29 is 49.0 Å². The Balaban J connectivity index is 2.01. The van der Waals surface area contributed by atoms with Crippen molar-refractivity contribution in [3.8, 4) is 16.9 Å². The predicted molar refractivity (Wildman–Crippen MR) is 122 cm³/mol. The maximum Gasteiger partial charge on any atom is 0.413 e. The molecule has 3 aromatic rings. The summed E-state index contributed by atoms with van der Waals surface area (Å²) in [5.41, 5.74) is 0.659. The lowest BCUT2D eigenvalue weighted by Gasteiger charge is -2.34. The van der Waals surface area contributed by atoms with Gasteiger partial charge in [-0.15, -0.1) is 0 Å². The molecule has 3 rings (SSSR count). The minimum absolute atomic E-state index is 0.0942. The van der Waals surface area contributed by atoms with E-state index in [1.807, 2.05) is 0 Å². The average molecular weight is 570 g/mol. The molecule has 39 heavy (non-hydrogen) atoms. The van der Waals surface area contributed by atoms with E-state index in [1.165, 1.54) is 24.7 Å². The molecule has 0 radical (unpaired) electrons. The van der Waals surface area contributed by atoms with Crippen LogP contribution in [0.1, 0.15) is 31.4 Å². The first-order valence-corrected chi connectivity index (χ1v) is 11.4. The number of nitrogens with zero attached hydrogens (tertiary/aromatic N) is 3. The summed E-state index contributed by atoms with van der Waals surface area (Å²) in [5.74, 6) is 0.177. The molecule has 0 aliphatic rings. The molecular weight excluding hydrogens is 547 g/mol. The zero-order chi connectivity index (χ0) is 29.2. The minimum Gasteiger partial charge on any atom is -0.496 e. The van der Waals surface area contributed by atoms with Crippen LogP contribution < -0.4 is 10.1 Å². The van der Waals surface area contributed by atoms with Crippen molar-refractivity contribution in [2.75, 3.05) is 13.7 Å². The highest BCUT2D eigenvalue weighted by molar-refractivity contribution is 5.76. The summed E-state index contributed by atoms with van der Waals surface area (Å²) >= 11 is 0. The van der Waals surface area contributed by atoms with E-state index in [-0.39, 0.29) is 16.2 Å². The Kier molecular flexibility index (Phi) is 8.60. The van der Waals surface area contributed by atoms with Crippen LogP contribution in [0.5, 0.6) is 5.75 Å². The monoisotopic (exact) mass is 570 g/mol. The van der Waals surface area contributed by atoms with Crippen LogP contribution in [-0.4, -0.2) is 58.5 Å². The molecular formula is C24H23F9N4O2. The number of alkyl halides is 9. The van der Waals surface area contributed by atoms with Crippen LogP contribution in [0.3, 0.4) is 0 Å². The molecule has 6 nitrogen and oxygen atoms in total. The molecule has 214 valence electrons. The van der Waals surface area contributed by atoms with Crippen molar-refractivity contribution in [2.24, 2.45) is 0 Å². The number of hydrogen-bond donors (Lipinski definition) is 1. The molecule has 1 N–H and O–H groups in total. The SMILES string of the molecule is CCN(C(=O)NC(CCC(F)(F)F)C(F)(F)F)C(c1ccc(OC)c(-c2ccc3nccn3c2)c1)C(F)(F)F. The molecule has 1 aromatic carbocycles. The molecule has 0 bridgehead atoms. The van der Waals surface area contributed by atoms with E-state index in [0.29, 0.717) is 11.2 Å². The van der Waals surface area contributed by atoms with Crippen molar-refractivity contribution >= 4 is 11.7 Å². The van der Waals surface area contributed by atoms with Gasteiger partial charge in [0, 0.05) is 42.7 Å². The van der Waals surface area contributed by atoms with Crippen molar-refractivity contribution in [3.63, 3.8) is 0 Å². The number of pyridine rings is 1. The molecule has 2 amide bonds. The number of rotatable bonds is 8. The van der Waals surface area contributed by atoms with Gasteiger partial charge in [0.1, 0.15) is 17.4 Å².